The van der Waals surface area contributed by atoms with Crippen molar-refractivity contribution in [1.29, 1.82) is 0 Å². The van der Waals surface area contributed by atoms with E-state index in [-0.39, 0.29) is 5.41 Å². The lowest BCUT2D eigenvalue weighted by atomic mass is 9.94. The van der Waals surface area contributed by atoms with Gasteiger partial charge in [0.2, 0.25) is 5.89 Å². The molecule has 0 radical (unpaired) electrons. The smallest absolute Gasteiger partial charge is 0.213 e. The van der Waals surface area contributed by atoms with Gasteiger partial charge in [-0.25, -0.2) is 15.0 Å². The minimum Gasteiger partial charge on any atom is -0.443 e. The predicted molar refractivity (Wildman–Crippen MR) is 87.9 cm³/mol. The molecule has 0 unspecified atom stereocenters. The van der Waals surface area contributed by atoms with Gasteiger partial charge in [-0.2, -0.15) is 5.10 Å². The van der Waals surface area contributed by atoms with Gasteiger partial charge in [0.15, 0.2) is 5.96 Å². The molecule has 23 heavy (non-hydrogen) atoms. The summed E-state index contributed by atoms with van der Waals surface area (Å²) in [5.74, 6) is 2.99. The van der Waals surface area contributed by atoms with Crippen LogP contribution in [0.2, 0.25) is 0 Å². The van der Waals surface area contributed by atoms with Crippen molar-refractivity contribution < 1.29 is 4.42 Å². The van der Waals surface area contributed by atoms with E-state index in [4.69, 9.17) is 4.42 Å². The van der Waals surface area contributed by atoms with Crippen molar-refractivity contribution in [2.75, 3.05) is 6.54 Å². The molecule has 0 amide bonds. The normalized spacial score (nSPS) is 12.5. The largest absolute Gasteiger partial charge is 0.443 e. The molecule has 8 nitrogen and oxygen atoms in total. The zero-order chi connectivity index (χ0) is 16.9. The molecule has 0 aliphatic heterocycles. The van der Waals surface area contributed by atoms with Crippen LogP contribution in [0.4, 0.5) is 0 Å². The summed E-state index contributed by atoms with van der Waals surface area (Å²) in [5, 5.41) is 10.4. The highest BCUT2D eigenvalue weighted by molar-refractivity contribution is 5.79. The van der Waals surface area contributed by atoms with E-state index in [9.17, 15) is 0 Å². The molecule has 2 N–H and O–H groups in total. The first-order chi connectivity index (χ1) is 10.9. The highest BCUT2D eigenvalue weighted by Gasteiger charge is 2.19. The zero-order valence-corrected chi connectivity index (χ0v) is 14.4. The minimum atomic E-state index is -0.0466. The van der Waals surface area contributed by atoms with E-state index in [1.165, 1.54) is 6.33 Å². The number of hydrogen-bond donors (Lipinski definition) is 2. The number of oxazole rings is 1. The van der Waals surface area contributed by atoms with E-state index in [0.29, 0.717) is 24.9 Å². The van der Waals surface area contributed by atoms with E-state index in [2.05, 4.69) is 51.5 Å². The number of rotatable bonds is 5. The lowest BCUT2D eigenvalue weighted by Gasteiger charge is -2.13. The molecule has 2 aromatic rings. The molecule has 0 bridgehead atoms. The molecule has 8 heteroatoms. The molecule has 0 saturated heterocycles. The third-order valence-electron chi connectivity index (χ3n) is 3.23. The van der Waals surface area contributed by atoms with Crippen molar-refractivity contribution in [2.45, 2.75) is 46.2 Å². The zero-order valence-electron chi connectivity index (χ0n) is 14.4. The van der Waals surface area contributed by atoms with Crippen molar-refractivity contribution in [2.24, 2.45) is 12.0 Å². The summed E-state index contributed by atoms with van der Waals surface area (Å²) in [4.78, 5) is 12.9. The summed E-state index contributed by atoms with van der Waals surface area (Å²) in [6, 6.07) is 0. The molecular weight excluding hydrogens is 294 g/mol. The molecule has 2 aromatic heterocycles. The van der Waals surface area contributed by atoms with E-state index in [1.54, 1.807) is 10.9 Å². The first-order valence-electron chi connectivity index (χ1n) is 7.70. The van der Waals surface area contributed by atoms with Gasteiger partial charge in [-0.15, -0.1) is 0 Å². The van der Waals surface area contributed by atoms with Crippen molar-refractivity contribution in [1.82, 2.24) is 30.4 Å². The second-order valence-corrected chi connectivity index (χ2v) is 6.22. The Balaban J connectivity index is 1.96. The van der Waals surface area contributed by atoms with Crippen LogP contribution in [0.25, 0.3) is 0 Å². The first kappa shape index (κ1) is 17.0. The van der Waals surface area contributed by atoms with Crippen molar-refractivity contribution in [3.63, 3.8) is 0 Å². The van der Waals surface area contributed by atoms with Gasteiger partial charge in [0.25, 0.3) is 0 Å². The van der Waals surface area contributed by atoms with E-state index < -0.39 is 0 Å². The molecule has 2 heterocycles. The molecule has 0 spiro atoms. The molecular formula is C15H25N7O. The first-order valence-corrected chi connectivity index (χ1v) is 7.70. The van der Waals surface area contributed by atoms with Gasteiger partial charge in [0.05, 0.1) is 12.7 Å². The van der Waals surface area contributed by atoms with Crippen LogP contribution in [0.1, 0.15) is 45.2 Å². The standard InChI is InChI=1S/C15H25N7O/c1-6-16-14(18-8-12-20-10-21-22(12)5)19-9-13-17-7-11(23-13)15(2,3)4/h7,10H,6,8-9H2,1-5H3,(H2,16,18,19). The SMILES string of the molecule is CCNC(=NCc1ncnn1C)NCc1ncc(C(C)(C)C)o1. The quantitative estimate of drug-likeness (QED) is 0.638. The van der Waals surface area contributed by atoms with E-state index >= 15 is 0 Å². The van der Waals surface area contributed by atoms with Crippen LogP contribution in [-0.4, -0.2) is 32.3 Å². The average molecular weight is 319 g/mol. The molecule has 126 valence electrons. The second kappa shape index (κ2) is 7.26. The Labute approximate surface area is 136 Å². The molecule has 0 aromatic carbocycles. The Kier molecular flexibility index (Phi) is 5.36. The number of aryl methyl sites for hydroxylation is 1. The van der Waals surface area contributed by atoms with Gasteiger partial charge >= 0.3 is 0 Å². The summed E-state index contributed by atoms with van der Waals surface area (Å²) in [6.45, 7) is 9.99. The summed E-state index contributed by atoms with van der Waals surface area (Å²) in [5.41, 5.74) is -0.0466. The number of aliphatic imine (C=N–C) groups is 1. The highest BCUT2D eigenvalue weighted by atomic mass is 16.4. The van der Waals surface area contributed by atoms with Crippen LogP contribution in [0.3, 0.4) is 0 Å². The lowest BCUT2D eigenvalue weighted by molar-refractivity contribution is 0.379. The number of aromatic nitrogens is 4. The Morgan fingerprint density at radius 1 is 1.30 bits per heavy atom. The van der Waals surface area contributed by atoms with Crippen molar-refractivity contribution in [3.8, 4) is 0 Å². The van der Waals surface area contributed by atoms with Gasteiger partial charge < -0.3 is 15.1 Å². The fraction of sp³-hybridized carbons (Fsp3) is 0.600. The predicted octanol–water partition coefficient (Wildman–Crippen LogP) is 1.36. The molecule has 0 fully saturated rings. The molecule has 2 rings (SSSR count). The molecule has 0 aliphatic rings. The lowest BCUT2D eigenvalue weighted by Crippen LogP contribution is -2.37. The molecule has 0 saturated carbocycles. The Morgan fingerprint density at radius 3 is 2.65 bits per heavy atom. The maximum Gasteiger partial charge on any atom is 0.213 e. The van der Waals surface area contributed by atoms with Crippen LogP contribution in [0.15, 0.2) is 21.9 Å². The van der Waals surface area contributed by atoms with Gasteiger partial charge in [0, 0.05) is 19.0 Å². The number of nitrogens with zero attached hydrogens (tertiary/aromatic N) is 5. The summed E-state index contributed by atoms with van der Waals surface area (Å²) < 4.78 is 7.47. The van der Waals surface area contributed by atoms with Crippen LogP contribution in [0, 0.1) is 0 Å². The fourth-order valence-electron chi connectivity index (χ4n) is 1.85. The number of hydrogen-bond acceptors (Lipinski definition) is 5. The highest BCUT2D eigenvalue weighted by Crippen LogP contribution is 2.22. The molecule has 0 atom stereocenters. The Hall–Kier alpha value is -2.38. The van der Waals surface area contributed by atoms with Crippen LogP contribution < -0.4 is 10.6 Å². The minimum absolute atomic E-state index is 0.0466. The van der Waals surface area contributed by atoms with Crippen LogP contribution >= 0.6 is 0 Å². The van der Waals surface area contributed by atoms with Gasteiger partial charge in [-0.3, -0.25) is 4.68 Å². The summed E-state index contributed by atoms with van der Waals surface area (Å²) in [6.07, 6.45) is 3.30. The van der Waals surface area contributed by atoms with Gasteiger partial charge in [-0.05, 0) is 6.92 Å². The van der Waals surface area contributed by atoms with Gasteiger partial charge in [-0.1, -0.05) is 20.8 Å². The van der Waals surface area contributed by atoms with E-state index in [0.717, 1.165) is 18.1 Å². The third-order valence-corrected chi connectivity index (χ3v) is 3.23. The van der Waals surface area contributed by atoms with Crippen molar-refractivity contribution in [3.05, 3.63) is 30.0 Å². The monoisotopic (exact) mass is 319 g/mol. The summed E-state index contributed by atoms with van der Waals surface area (Å²) in [7, 11) is 1.85. The topological polar surface area (TPSA) is 93.2 Å². The maximum absolute atomic E-state index is 5.76. The third kappa shape index (κ3) is 4.80. The second-order valence-electron chi connectivity index (χ2n) is 6.22. The van der Waals surface area contributed by atoms with Crippen LogP contribution in [-0.2, 0) is 25.6 Å². The number of guanidine groups is 1. The van der Waals surface area contributed by atoms with Crippen LogP contribution in [0.5, 0.6) is 0 Å². The average Bonchev–Trinajstić information content (AvgIpc) is 3.10. The number of nitrogens with one attached hydrogen (secondary N) is 2. The summed E-state index contributed by atoms with van der Waals surface area (Å²) >= 11 is 0. The maximum atomic E-state index is 5.76. The molecule has 0 aliphatic carbocycles. The van der Waals surface area contributed by atoms with Crippen molar-refractivity contribution >= 4 is 5.96 Å². The van der Waals surface area contributed by atoms with Gasteiger partial charge in [0.1, 0.15) is 24.5 Å². The Morgan fingerprint density at radius 2 is 2.09 bits per heavy atom. The van der Waals surface area contributed by atoms with E-state index in [1.807, 2.05) is 14.0 Å². The fourth-order valence-corrected chi connectivity index (χ4v) is 1.85. The Bertz CT molecular complexity index is 651.